The summed E-state index contributed by atoms with van der Waals surface area (Å²) in [6.07, 6.45) is 0.450. The number of sulfone groups is 1. The van der Waals surface area contributed by atoms with Crippen LogP contribution in [0, 0.1) is 0 Å². The van der Waals surface area contributed by atoms with Gasteiger partial charge < -0.3 is 15.0 Å². The predicted molar refractivity (Wildman–Crippen MR) is 91.5 cm³/mol. The highest BCUT2D eigenvalue weighted by Crippen LogP contribution is 2.47. The van der Waals surface area contributed by atoms with Gasteiger partial charge in [-0.2, -0.15) is 0 Å². The van der Waals surface area contributed by atoms with Gasteiger partial charge in [0.25, 0.3) is 5.91 Å². The molecule has 3 heterocycles. The van der Waals surface area contributed by atoms with Gasteiger partial charge in [-0.05, 0) is 26.7 Å². The van der Waals surface area contributed by atoms with Crippen molar-refractivity contribution in [2.45, 2.75) is 56.2 Å². The maximum absolute atomic E-state index is 12.4. The fraction of sp³-hybridized carbons (Fsp3) is 0.800. The van der Waals surface area contributed by atoms with Crippen molar-refractivity contribution in [2.75, 3.05) is 17.3 Å². The lowest BCUT2D eigenvalue weighted by atomic mass is 10.2. The second-order valence-corrected chi connectivity index (χ2v) is 10.7. The molecule has 3 saturated heterocycles. The molecule has 0 aromatic rings. The minimum atomic E-state index is -3.10. The van der Waals surface area contributed by atoms with Crippen LogP contribution in [0.5, 0.6) is 0 Å². The van der Waals surface area contributed by atoms with Gasteiger partial charge in [-0.25, -0.2) is 13.2 Å². The maximum atomic E-state index is 12.4. The van der Waals surface area contributed by atoms with Crippen LogP contribution in [-0.4, -0.2) is 71.4 Å². The van der Waals surface area contributed by atoms with Crippen LogP contribution in [0.4, 0.5) is 0 Å². The number of thioether (sulfide) groups is 1. The van der Waals surface area contributed by atoms with E-state index in [0.29, 0.717) is 25.0 Å². The fourth-order valence-corrected chi connectivity index (χ4v) is 6.62. The summed E-state index contributed by atoms with van der Waals surface area (Å²) in [4.78, 5) is 37.8. The molecule has 25 heavy (non-hydrogen) atoms. The molecule has 0 radical (unpaired) electrons. The summed E-state index contributed by atoms with van der Waals surface area (Å²) in [7, 11) is -3.10. The third-order valence-corrected chi connectivity index (χ3v) is 8.23. The zero-order valence-electron chi connectivity index (χ0n) is 14.2. The van der Waals surface area contributed by atoms with Crippen LogP contribution >= 0.6 is 11.8 Å². The third-order valence-electron chi connectivity index (χ3n) is 4.96. The highest BCUT2D eigenvalue weighted by Gasteiger charge is 2.53. The third kappa shape index (κ3) is 3.64. The fourth-order valence-electron chi connectivity index (χ4n) is 3.53. The van der Waals surface area contributed by atoms with Crippen molar-refractivity contribution in [3.8, 4) is 0 Å². The Labute approximate surface area is 150 Å². The van der Waals surface area contributed by atoms with E-state index < -0.39 is 39.9 Å². The quantitative estimate of drug-likeness (QED) is 0.655. The Morgan fingerprint density at radius 3 is 2.80 bits per heavy atom. The van der Waals surface area contributed by atoms with E-state index in [1.165, 1.54) is 6.92 Å². The lowest BCUT2D eigenvalue weighted by Crippen LogP contribution is -2.49. The first-order valence-corrected chi connectivity index (χ1v) is 11.1. The number of rotatable bonds is 4. The Morgan fingerprint density at radius 1 is 1.44 bits per heavy atom. The smallest absolute Gasteiger partial charge is 0.330 e. The number of ether oxygens (including phenoxy) is 1. The van der Waals surface area contributed by atoms with E-state index in [1.54, 1.807) is 16.7 Å². The molecule has 0 unspecified atom stereocenters. The second kappa shape index (κ2) is 6.46. The van der Waals surface area contributed by atoms with E-state index in [-0.39, 0.29) is 22.3 Å². The number of hydrogen-bond acceptors (Lipinski definition) is 7. The van der Waals surface area contributed by atoms with E-state index in [4.69, 9.17) is 4.74 Å². The summed E-state index contributed by atoms with van der Waals surface area (Å²) in [5, 5.41) is 2.61. The van der Waals surface area contributed by atoms with E-state index in [2.05, 4.69) is 5.32 Å². The predicted octanol–water partition coefficient (Wildman–Crippen LogP) is -0.325. The van der Waals surface area contributed by atoms with Gasteiger partial charge in [0, 0.05) is 18.2 Å². The zero-order valence-corrected chi connectivity index (χ0v) is 15.8. The van der Waals surface area contributed by atoms with Gasteiger partial charge in [-0.15, -0.1) is 11.8 Å². The van der Waals surface area contributed by atoms with Gasteiger partial charge >= 0.3 is 5.97 Å². The standard InChI is InChI=1S/C15H22N2O6S2/c1-9(13(19)16-10-4-6-25(21,22)8-10)23-14(20)11-7-24-15(2)5-3-12(18)17(11)15/h9-11H,3-8H2,1-2H3,(H,16,19)/t9-,10+,11+,15+/m1/s1. The first-order valence-electron chi connectivity index (χ1n) is 8.29. The Kier molecular flexibility index (Phi) is 4.78. The van der Waals surface area contributed by atoms with E-state index in [0.717, 1.165) is 0 Å². The molecule has 0 aromatic heterocycles. The molecule has 0 spiro atoms. The summed E-state index contributed by atoms with van der Waals surface area (Å²) in [5.74, 6) is -0.746. The number of nitrogens with zero attached hydrogens (tertiary/aromatic N) is 1. The maximum Gasteiger partial charge on any atom is 0.330 e. The van der Waals surface area contributed by atoms with Crippen molar-refractivity contribution >= 4 is 39.4 Å². The molecule has 0 bridgehead atoms. The van der Waals surface area contributed by atoms with Gasteiger partial charge in [-0.1, -0.05) is 0 Å². The first-order chi connectivity index (χ1) is 11.6. The molecule has 140 valence electrons. The number of carbonyl (C=O) groups excluding carboxylic acids is 3. The monoisotopic (exact) mass is 390 g/mol. The summed E-state index contributed by atoms with van der Waals surface area (Å²) in [6, 6.07) is -1.11. The molecule has 0 aliphatic carbocycles. The molecule has 4 atom stereocenters. The molecule has 3 rings (SSSR count). The van der Waals surface area contributed by atoms with Crippen LogP contribution in [0.3, 0.4) is 0 Å². The number of fused-ring (bicyclic) bond motifs is 1. The average molecular weight is 390 g/mol. The molecule has 3 fully saturated rings. The van der Waals surface area contributed by atoms with Crippen LogP contribution in [-0.2, 0) is 29.0 Å². The van der Waals surface area contributed by atoms with Crippen molar-refractivity contribution in [3.63, 3.8) is 0 Å². The molecule has 3 aliphatic heterocycles. The molecular formula is C15H22N2O6S2. The normalized spacial score (nSPS) is 34.6. The van der Waals surface area contributed by atoms with Crippen LogP contribution in [0.15, 0.2) is 0 Å². The minimum Gasteiger partial charge on any atom is -0.451 e. The van der Waals surface area contributed by atoms with Crippen LogP contribution in [0.1, 0.15) is 33.1 Å². The van der Waals surface area contributed by atoms with Crippen molar-refractivity contribution < 1.29 is 27.5 Å². The highest BCUT2D eigenvalue weighted by atomic mass is 32.2. The Morgan fingerprint density at radius 2 is 2.16 bits per heavy atom. The van der Waals surface area contributed by atoms with Gasteiger partial charge in [0.1, 0.15) is 6.04 Å². The summed E-state index contributed by atoms with van der Waals surface area (Å²) in [5.41, 5.74) is 0. The molecule has 8 nitrogen and oxygen atoms in total. The van der Waals surface area contributed by atoms with Crippen LogP contribution < -0.4 is 5.32 Å². The molecule has 1 N–H and O–H groups in total. The lowest BCUT2D eigenvalue weighted by Gasteiger charge is -2.30. The molecule has 0 saturated carbocycles. The summed E-state index contributed by atoms with van der Waals surface area (Å²) in [6.45, 7) is 3.39. The molecule has 0 aromatic carbocycles. The van der Waals surface area contributed by atoms with Crippen molar-refractivity contribution in [2.24, 2.45) is 0 Å². The van der Waals surface area contributed by atoms with Gasteiger partial charge in [0.15, 0.2) is 15.9 Å². The number of nitrogens with one attached hydrogen (secondary N) is 1. The van der Waals surface area contributed by atoms with E-state index in [1.807, 2.05) is 6.92 Å². The van der Waals surface area contributed by atoms with Crippen molar-refractivity contribution in [1.29, 1.82) is 0 Å². The largest absolute Gasteiger partial charge is 0.451 e. The SMILES string of the molecule is C[C@@H](OC(=O)[C@@H]1CS[C@@]2(C)CCC(=O)N12)C(=O)N[C@H]1CCS(=O)(=O)C1. The number of amides is 2. The van der Waals surface area contributed by atoms with E-state index in [9.17, 15) is 22.8 Å². The summed E-state index contributed by atoms with van der Waals surface area (Å²) < 4.78 is 28.1. The van der Waals surface area contributed by atoms with Crippen LogP contribution in [0.25, 0.3) is 0 Å². The Hall–Kier alpha value is -1.29. The first kappa shape index (κ1) is 18.5. The number of esters is 1. The number of hydrogen-bond donors (Lipinski definition) is 1. The molecule has 10 heteroatoms. The van der Waals surface area contributed by atoms with Gasteiger partial charge in [0.2, 0.25) is 5.91 Å². The van der Waals surface area contributed by atoms with Crippen molar-refractivity contribution in [3.05, 3.63) is 0 Å². The van der Waals surface area contributed by atoms with E-state index >= 15 is 0 Å². The van der Waals surface area contributed by atoms with Crippen LogP contribution in [0.2, 0.25) is 0 Å². The summed E-state index contributed by atoms with van der Waals surface area (Å²) >= 11 is 1.55. The Bertz CT molecular complexity index is 709. The molecular weight excluding hydrogens is 368 g/mol. The molecule has 3 aliphatic rings. The lowest BCUT2D eigenvalue weighted by molar-refractivity contribution is -0.161. The number of carbonyl (C=O) groups is 3. The second-order valence-electron chi connectivity index (χ2n) is 6.95. The highest BCUT2D eigenvalue weighted by molar-refractivity contribution is 8.01. The average Bonchev–Trinajstić information content (AvgIpc) is 3.13. The van der Waals surface area contributed by atoms with Gasteiger partial charge in [-0.3, -0.25) is 9.59 Å². The Balaban J connectivity index is 1.56. The van der Waals surface area contributed by atoms with Crippen molar-refractivity contribution in [1.82, 2.24) is 10.2 Å². The van der Waals surface area contributed by atoms with Gasteiger partial charge in [0.05, 0.1) is 16.4 Å². The minimum absolute atomic E-state index is 0.0566. The zero-order chi connectivity index (χ0) is 18.4. The molecule has 2 amide bonds. The topological polar surface area (TPSA) is 110 Å².